The van der Waals surface area contributed by atoms with Crippen molar-refractivity contribution in [2.45, 2.75) is 59.7 Å². The number of anilines is 2. The van der Waals surface area contributed by atoms with Gasteiger partial charge in [0, 0.05) is 44.0 Å². The Labute approximate surface area is 203 Å². The fraction of sp³-hybridized carbons (Fsp3) is 0.462. The van der Waals surface area contributed by atoms with Crippen LogP contribution >= 0.6 is 0 Å². The van der Waals surface area contributed by atoms with E-state index in [2.05, 4.69) is 37.2 Å². The Bertz CT molecular complexity index is 1110. The van der Waals surface area contributed by atoms with Crippen molar-refractivity contribution in [3.8, 4) is 0 Å². The number of allylic oxidation sites excluding steroid dienone is 1. The predicted octanol–water partition coefficient (Wildman–Crippen LogP) is 4.12. The molecule has 34 heavy (non-hydrogen) atoms. The van der Waals surface area contributed by atoms with Crippen LogP contribution in [0, 0.1) is 0 Å². The number of nitrogens with zero attached hydrogens (tertiary/aromatic N) is 6. The summed E-state index contributed by atoms with van der Waals surface area (Å²) in [7, 11) is 3.72. The fourth-order valence-electron chi connectivity index (χ4n) is 4.09. The SMILES string of the molecule is C=C(C)N(CCC)C(=NC)c1cccc(N2Cc3c(cc(N(C)C(C)C)nc3[C@@H](C)N)C2=O)n1. The van der Waals surface area contributed by atoms with Gasteiger partial charge in [-0.05, 0) is 52.3 Å². The number of carbonyl (C=O) groups excluding carboxylic acids is 1. The van der Waals surface area contributed by atoms with E-state index in [0.717, 1.165) is 41.6 Å². The number of rotatable bonds is 8. The highest BCUT2D eigenvalue weighted by Crippen LogP contribution is 2.33. The minimum atomic E-state index is -0.293. The van der Waals surface area contributed by atoms with E-state index in [1.807, 2.05) is 50.1 Å². The molecule has 0 saturated carbocycles. The molecule has 0 spiro atoms. The van der Waals surface area contributed by atoms with Gasteiger partial charge in [-0.1, -0.05) is 19.6 Å². The van der Waals surface area contributed by atoms with Gasteiger partial charge in [0.2, 0.25) is 0 Å². The lowest BCUT2D eigenvalue weighted by atomic mass is 10.0. The summed E-state index contributed by atoms with van der Waals surface area (Å²) in [6, 6.07) is 7.49. The zero-order valence-corrected chi connectivity index (χ0v) is 21.5. The number of hydrogen-bond acceptors (Lipinski definition) is 6. The van der Waals surface area contributed by atoms with E-state index in [-0.39, 0.29) is 18.0 Å². The van der Waals surface area contributed by atoms with Crippen LogP contribution in [0.15, 0.2) is 41.5 Å². The van der Waals surface area contributed by atoms with Gasteiger partial charge in [0.15, 0.2) is 5.84 Å². The molecule has 1 aliphatic heterocycles. The molecule has 2 aromatic heterocycles. The second-order valence-corrected chi connectivity index (χ2v) is 9.09. The second-order valence-electron chi connectivity index (χ2n) is 9.09. The molecule has 3 rings (SSSR count). The Hall–Kier alpha value is -3.26. The van der Waals surface area contributed by atoms with E-state index in [0.29, 0.717) is 23.6 Å². The van der Waals surface area contributed by atoms with Gasteiger partial charge in [0.1, 0.15) is 17.3 Å². The summed E-state index contributed by atoms with van der Waals surface area (Å²) < 4.78 is 0. The Morgan fingerprint density at radius 2 is 2.00 bits per heavy atom. The second kappa shape index (κ2) is 10.3. The average molecular weight is 464 g/mol. The lowest BCUT2D eigenvalue weighted by Crippen LogP contribution is -2.32. The van der Waals surface area contributed by atoms with E-state index < -0.39 is 0 Å². The molecule has 8 heteroatoms. The molecule has 1 aliphatic rings. The van der Waals surface area contributed by atoms with Crippen LogP contribution in [0.3, 0.4) is 0 Å². The smallest absolute Gasteiger partial charge is 0.260 e. The van der Waals surface area contributed by atoms with Crippen LogP contribution in [0.25, 0.3) is 0 Å². The molecular weight excluding hydrogens is 426 g/mol. The van der Waals surface area contributed by atoms with Gasteiger partial charge in [0.05, 0.1) is 17.8 Å². The summed E-state index contributed by atoms with van der Waals surface area (Å²) in [5, 5.41) is 0. The number of amidine groups is 1. The minimum absolute atomic E-state index is 0.0948. The number of pyridine rings is 2. The predicted molar refractivity (Wildman–Crippen MR) is 139 cm³/mol. The Balaban J connectivity index is 2.03. The molecule has 0 bridgehead atoms. The van der Waals surface area contributed by atoms with Gasteiger partial charge in [-0.15, -0.1) is 0 Å². The van der Waals surface area contributed by atoms with Crippen molar-refractivity contribution < 1.29 is 4.79 Å². The van der Waals surface area contributed by atoms with E-state index >= 15 is 0 Å². The number of amides is 1. The van der Waals surface area contributed by atoms with Crippen molar-refractivity contribution >= 4 is 23.4 Å². The topological polar surface area (TPSA) is 91.0 Å². The quantitative estimate of drug-likeness (QED) is 0.468. The van der Waals surface area contributed by atoms with Gasteiger partial charge >= 0.3 is 0 Å². The van der Waals surface area contributed by atoms with E-state index in [1.165, 1.54) is 0 Å². The molecule has 0 aliphatic carbocycles. The van der Waals surface area contributed by atoms with Crippen molar-refractivity contribution in [1.29, 1.82) is 0 Å². The summed E-state index contributed by atoms with van der Waals surface area (Å²) in [5.41, 5.74) is 10.1. The first-order valence-electron chi connectivity index (χ1n) is 11.8. The summed E-state index contributed by atoms with van der Waals surface area (Å²) in [6.45, 7) is 15.4. The van der Waals surface area contributed by atoms with Crippen molar-refractivity contribution in [2.24, 2.45) is 10.7 Å². The van der Waals surface area contributed by atoms with Crippen LogP contribution in [0.2, 0.25) is 0 Å². The summed E-state index contributed by atoms with van der Waals surface area (Å²) in [4.78, 5) is 33.5. The maximum atomic E-state index is 13.6. The highest BCUT2D eigenvalue weighted by atomic mass is 16.2. The lowest BCUT2D eigenvalue weighted by Gasteiger charge is -2.26. The number of carbonyl (C=O) groups is 1. The van der Waals surface area contributed by atoms with Crippen molar-refractivity contribution in [3.63, 3.8) is 0 Å². The summed E-state index contributed by atoms with van der Waals surface area (Å²) in [6.07, 6.45) is 0.950. The van der Waals surface area contributed by atoms with E-state index in [9.17, 15) is 4.79 Å². The first kappa shape index (κ1) is 25.4. The fourth-order valence-corrected chi connectivity index (χ4v) is 4.09. The number of hydrogen-bond donors (Lipinski definition) is 1. The Morgan fingerprint density at radius 1 is 1.29 bits per heavy atom. The summed E-state index contributed by atoms with van der Waals surface area (Å²) in [5.74, 6) is 1.96. The molecule has 1 amide bonds. The Kier molecular flexibility index (Phi) is 7.71. The largest absolute Gasteiger partial charge is 0.357 e. The third-order valence-corrected chi connectivity index (χ3v) is 6.12. The van der Waals surface area contributed by atoms with Gasteiger partial charge in [-0.25, -0.2) is 9.97 Å². The van der Waals surface area contributed by atoms with Crippen molar-refractivity contribution in [1.82, 2.24) is 14.9 Å². The molecule has 0 unspecified atom stereocenters. The van der Waals surface area contributed by atoms with Crippen LogP contribution in [-0.2, 0) is 6.54 Å². The molecule has 1 atom stereocenters. The molecule has 2 aromatic rings. The zero-order valence-electron chi connectivity index (χ0n) is 21.5. The molecular formula is C26H37N7O. The van der Waals surface area contributed by atoms with Crippen molar-refractivity contribution in [3.05, 3.63) is 59.1 Å². The number of aromatic nitrogens is 2. The third-order valence-electron chi connectivity index (χ3n) is 6.12. The molecule has 8 nitrogen and oxygen atoms in total. The minimum Gasteiger partial charge on any atom is -0.357 e. The maximum absolute atomic E-state index is 13.6. The first-order chi connectivity index (χ1) is 16.1. The monoisotopic (exact) mass is 463 g/mol. The molecule has 0 saturated heterocycles. The average Bonchev–Trinajstić information content (AvgIpc) is 3.14. The van der Waals surface area contributed by atoms with E-state index in [4.69, 9.17) is 15.7 Å². The standard InChI is InChI=1S/C26H37N7O/c1-9-13-32(17(4)5)25(28-7)21-11-10-12-22(29-21)33-15-20-19(26(33)34)14-23(31(8)16(2)3)30-24(20)18(6)27/h10-12,14,16,18H,4,9,13,15,27H2,1-3,5-8H3/t18-/m1/s1. The molecule has 182 valence electrons. The maximum Gasteiger partial charge on any atom is 0.260 e. The van der Waals surface area contributed by atoms with Gasteiger partial charge in [0.25, 0.3) is 5.91 Å². The highest BCUT2D eigenvalue weighted by Gasteiger charge is 2.34. The third kappa shape index (κ3) is 4.82. The van der Waals surface area contributed by atoms with Gasteiger partial charge in [-0.3, -0.25) is 14.7 Å². The van der Waals surface area contributed by atoms with Gasteiger partial charge in [-0.2, -0.15) is 0 Å². The molecule has 0 aromatic carbocycles. The van der Waals surface area contributed by atoms with E-state index in [1.54, 1.807) is 11.9 Å². The Morgan fingerprint density at radius 3 is 2.56 bits per heavy atom. The summed E-state index contributed by atoms with van der Waals surface area (Å²) >= 11 is 0. The number of nitrogens with two attached hydrogens (primary N) is 1. The molecule has 0 radical (unpaired) electrons. The highest BCUT2D eigenvalue weighted by molar-refractivity contribution is 6.10. The lowest BCUT2D eigenvalue weighted by molar-refractivity contribution is 0.0996. The van der Waals surface area contributed by atoms with Crippen molar-refractivity contribution in [2.75, 3.05) is 30.4 Å². The van der Waals surface area contributed by atoms with Crippen LogP contribution < -0.4 is 15.5 Å². The normalized spacial score (nSPS) is 14.4. The molecule has 0 fully saturated rings. The number of fused-ring (bicyclic) bond motifs is 1. The van der Waals surface area contributed by atoms with Crippen LogP contribution in [0.1, 0.15) is 74.4 Å². The van der Waals surface area contributed by atoms with Gasteiger partial charge < -0.3 is 15.5 Å². The zero-order chi connectivity index (χ0) is 25.2. The number of aliphatic imine (C=N–C) groups is 1. The van der Waals surface area contributed by atoms with Crippen LogP contribution in [0.4, 0.5) is 11.6 Å². The van der Waals surface area contributed by atoms with Crippen LogP contribution in [0.5, 0.6) is 0 Å². The molecule has 2 N–H and O–H groups in total. The molecule has 3 heterocycles. The van der Waals surface area contributed by atoms with Crippen LogP contribution in [-0.4, -0.2) is 53.3 Å². The first-order valence-corrected chi connectivity index (χ1v) is 11.8.